The fourth-order valence-electron chi connectivity index (χ4n) is 4.22. The Hall–Kier alpha value is -4.32. The maximum atomic E-state index is 12.7. The molecule has 1 aliphatic heterocycles. The summed E-state index contributed by atoms with van der Waals surface area (Å²) in [7, 11) is 4.94. The van der Waals surface area contributed by atoms with Gasteiger partial charge in [-0.25, -0.2) is 24.7 Å². The van der Waals surface area contributed by atoms with Crippen molar-refractivity contribution >= 4 is 40.1 Å². The molecule has 5 rings (SSSR count). The fourth-order valence-corrected chi connectivity index (χ4v) is 4.22. The molecule has 0 aliphatic carbocycles. The molecule has 4 aromatic rings. The van der Waals surface area contributed by atoms with Gasteiger partial charge in [0.05, 0.1) is 55.8 Å². The molecule has 0 atom stereocenters. The van der Waals surface area contributed by atoms with E-state index in [2.05, 4.69) is 40.5 Å². The first-order chi connectivity index (χ1) is 17.5. The monoisotopic (exact) mass is 489 g/mol. The van der Waals surface area contributed by atoms with Gasteiger partial charge < -0.3 is 29.6 Å². The van der Waals surface area contributed by atoms with Gasteiger partial charge in [-0.2, -0.15) is 0 Å². The number of rotatable bonds is 6. The average molecular weight is 490 g/mol. The van der Waals surface area contributed by atoms with E-state index in [1.165, 1.54) is 7.11 Å². The number of hydrogen-bond donors (Lipinski definition) is 2. The van der Waals surface area contributed by atoms with Gasteiger partial charge in [0.15, 0.2) is 17.3 Å². The van der Waals surface area contributed by atoms with E-state index in [9.17, 15) is 4.79 Å². The standard InChI is InChI=1S/C24H27N9O3/c1-14-9-15(10-27-23(14)33-5-7-36-8-6-33)29-22-20(24(34)35-4)30-19(21(25-2)31-22)16-11-26-12-17-18(16)28-13-32(17)3/h9-13H,5-8H2,1-4H3,(H2,25,29,31). The van der Waals surface area contributed by atoms with Crippen LogP contribution in [0.5, 0.6) is 0 Å². The highest BCUT2D eigenvalue weighted by Gasteiger charge is 2.23. The molecule has 1 fully saturated rings. The third kappa shape index (κ3) is 4.26. The maximum Gasteiger partial charge on any atom is 0.360 e. The molecule has 1 aliphatic rings. The van der Waals surface area contributed by atoms with Crippen LogP contribution in [0.1, 0.15) is 16.1 Å². The molecule has 186 valence electrons. The topological polar surface area (TPSA) is 132 Å². The fraction of sp³-hybridized carbons (Fsp3) is 0.333. The number of fused-ring (bicyclic) bond motifs is 1. The van der Waals surface area contributed by atoms with E-state index >= 15 is 0 Å². The molecular weight excluding hydrogens is 462 g/mol. The van der Waals surface area contributed by atoms with Crippen molar-refractivity contribution < 1.29 is 14.3 Å². The molecular formula is C24H27N9O3. The van der Waals surface area contributed by atoms with E-state index in [1.54, 1.807) is 32.0 Å². The van der Waals surface area contributed by atoms with Crippen molar-refractivity contribution in [2.45, 2.75) is 6.92 Å². The number of morpholine rings is 1. The van der Waals surface area contributed by atoms with Crippen molar-refractivity contribution in [2.24, 2.45) is 7.05 Å². The number of carbonyl (C=O) groups is 1. The minimum absolute atomic E-state index is 0.0364. The van der Waals surface area contributed by atoms with Gasteiger partial charge in [0.1, 0.15) is 17.0 Å². The number of nitrogens with one attached hydrogen (secondary N) is 2. The van der Waals surface area contributed by atoms with E-state index < -0.39 is 5.97 Å². The van der Waals surface area contributed by atoms with Crippen molar-refractivity contribution in [3.05, 3.63) is 42.2 Å². The van der Waals surface area contributed by atoms with Crippen molar-refractivity contribution in [3.63, 3.8) is 0 Å². The van der Waals surface area contributed by atoms with Crippen LogP contribution in [0.4, 0.5) is 23.1 Å². The van der Waals surface area contributed by atoms with Crippen LogP contribution in [-0.4, -0.2) is 75.9 Å². The number of esters is 1. The summed E-state index contributed by atoms with van der Waals surface area (Å²) in [6.45, 7) is 4.95. The number of ether oxygens (including phenoxy) is 2. The Morgan fingerprint density at radius 1 is 1.11 bits per heavy atom. The lowest BCUT2D eigenvalue weighted by Crippen LogP contribution is -2.37. The van der Waals surface area contributed by atoms with Crippen LogP contribution >= 0.6 is 0 Å². The average Bonchev–Trinajstić information content (AvgIpc) is 3.29. The van der Waals surface area contributed by atoms with Crippen LogP contribution in [0.15, 0.2) is 31.0 Å². The van der Waals surface area contributed by atoms with Crippen LogP contribution in [0.2, 0.25) is 0 Å². The van der Waals surface area contributed by atoms with Gasteiger partial charge in [-0.3, -0.25) is 4.98 Å². The van der Waals surface area contributed by atoms with Crippen LogP contribution in [0, 0.1) is 6.92 Å². The van der Waals surface area contributed by atoms with E-state index in [-0.39, 0.29) is 11.5 Å². The lowest BCUT2D eigenvalue weighted by Gasteiger charge is -2.29. The second-order valence-corrected chi connectivity index (χ2v) is 8.36. The first-order valence-corrected chi connectivity index (χ1v) is 11.5. The van der Waals surface area contributed by atoms with Gasteiger partial charge in [-0.05, 0) is 18.6 Å². The Kier molecular flexibility index (Phi) is 6.34. The number of anilines is 4. The zero-order valence-electron chi connectivity index (χ0n) is 20.6. The number of aryl methyl sites for hydroxylation is 2. The highest BCUT2D eigenvalue weighted by atomic mass is 16.5. The predicted molar refractivity (Wildman–Crippen MR) is 136 cm³/mol. The Morgan fingerprint density at radius 3 is 2.64 bits per heavy atom. The van der Waals surface area contributed by atoms with Gasteiger partial charge in [0.2, 0.25) is 0 Å². The van der Waals surface area contributed by atoms with E-state index in [0.717, 1.165) is 30.0 Å². The molecule has 0 bridgehead atoms. The van der Waals surface area contributed by atoms with Gasteiger partial charge in [0, 0.05) is 33.4 Å². The third-order valence-electron chi connectivity index (χ3n) is 6.03. The second kappa shape index (κ2) is 9.74. The van der Waals surface area contributed by atoms with E-state index in [1.807, 2.05) is 24.6 Å². The molecule has 12 heteroatoms. The van der Waals surface area contributed by atoms with Crippen LogP contribution in [-0.2, 0) is 16.5 Å². The Bertz CT molecular complexity index is 1430. The van der Waals surface area contributed by atoms with Crippen LogP contribution < -0.4 is 15.5 Å². The van der Waals surface area contributed by atoms with E-state index in [0.29, 0.717) is 41.5 Å². The minimum Gasteiger partial charge on any atom is -0.464 e. The second-order valence-electron chi connectivity index (χ2n) is 8.36. The van der Waals surface area contributed by atoms with Crippen molar-refractivity contribution in [3.8, 4) is 11.3 Å². The normalized spacial score (nSPS) is 13.6. The van der Waals surface area contributed by atoms with Crippen LogP contribution in [0.3, 0.4) is 0 Å². The molecule has 5 heterocycles. The smallest absolute Gasteiger partial charge is 0.360 e. The third-order valence-corrected chi connectivity index (χ3v) is 6.03. The summed E-state index contributed by atoms with van der Waals surface area (Å²) in [5.74, 6) is 0.992. The zero-order valence-corrected chi connectivity index (χ0v) is 20.6. The molecule has 0 aromatic carbocycles. The number of hydrogen-bond acceptors (Lipinski definition) is 11. The zero-order chi connectivity index (χ0) is 25.2. The van der Waals surface area contributed by atoms with Crippen molar-refractivity contribution in [1.82, 2.24) is 29.5 Å². The Morgan fingerprint density at radius 2 is 1.92 bits per heavy atom. The number of aromatic nitrogens is 6. The largest absolute Gasteiger partial charge is 0.464 e. The quantitative estimate of drug-likeness (QED) is 0.387. The maximum absolute atomic E-state index is 12.7. The molecule has 0 amide bonds. The Labute approximate surface area is 207 Å². The Balaban J connectivity index is 1.55. The summed E-state index contributed by atoms with van der Waals surface area (Å²) >= 11 is 0. The van der Waals surface area contributed by atoms with Crippen molar-refractivity contribution in [2.75, 3.05) is 56.0 Å². The first kappa shape index (κ1) is 23.4. The summed E-state index contributed by atoms with van der Waals surface area (Å²) in [5, 5.41) is 6.28. The molecule has 4 aromatic heterocycles. The van der Waals surface area contributed by atoms with Crippen molar-refractivity contribution in [1.29, 1.82) is 0 Å². The van der Waals surface area contributed by atoms with Gasteiger partial charge in [-0.1, -0.05) is 0 Å². The van der Waals surface area contributed by atoms with Gasteiger partial charge in [-0.15, -0.1) is 0 Å². The lowest BCUT2D eigenvalue weighted by molar-refractivity contribution is 0.0595. The summed E-state index contributed by atoms with van der Waals surface area (Å²) < 4.78 is 12.3. The molecule has 0 radical (unpaired) electrons. The summed E-state index contributed by atoms with van der Waals surface area (Å²) in [6.07, 6.45) is 6.80. The minimum atomic E-state index is -0.621. The first-order valence-electron chi connectivity index (χ1n) is 11.5. The van der Waals surface area contributed by atoms with E-state index in [4.69, 9.17) is 9.47 Å². The van der Waals surface area contributed by atoms with Gasteiger partial charge >= 0.3 is 5.97 Å². The molecule has 0 spiro atoms. The molecule has 12 nitrogen and oxygen atoms in total. The summed E-state index contributed by atoms with van der Waals surface area (Å²) in [5.41, 5.74) is 4.33. The van der Waals surface area contributed by atoms with Gasteiger partial charge in [0.25, 0.3) is 0 Å². The number of carbonyl (C=O) groups excluding carboxylic acids is 1. The number of pyridine rings is 2. The summed E-state index contributed by atoms with van der Waals surface area (Å²) in [4.78, 5) is 37.8. The SMILES string of the molecule is CNc1nc(Nc2cnc(N3CCOCC3)c(C)c2)c(C(=O)OC)nc1-c1cncc2c1ncn2C. The predicted octanol–water partition coefficient (Wildman–Crippen LogP) is 2.54. The molecule has 2 N–H and O–H groups in total. The van der Waals surface area contributed by atoms with Crippen LogP contribution in [0.25, 0.3) is 22.3 Å². The molecule has 0 unspecified atom stereocenters. The molecule has 0 saturated carbocycles. The highest BCUT2D eigenvalue weighted by molar-refractivity contribution is 5.98. The molecule has 1 saturated heterocycles. The number of methoxy groups -OCH3 is 1. The molecule has 36 heavy (non-hydrogen) atoms. The summed E-state index contributed by atoms with van der Waals surface area (Å²) in [6, 6.07) is 1.96. The lowest BCUT2D eigenvalue weighted by atomic mass is 10.1. The number of nitrogens with zero attached hydrogens (tertiary/aromatic N) is 7. The number of imidazole rings is 1. The highest BCUT2D eigenvalue weighted by Crippen LogP contribution is 2.33.